The van der Waals surface area contributed by atoms with Crippen molar-refractivity contribution in [3.05, 3.63) is 30.1 Å². The minimum Gasteiger partial charge on any atom is -0.265 e. The fourth-order valence-electron chi connectivity index (χ4n) is 1.67. The third-order valence-corrected chi connectivity index (χ3v) is 2.71. The lowest BCUT2D eigenvalue weighted by molar-refractivity contribution is 0.371. The van der Waals surface area contributed by atoms with Gasteiger partial charge in [-0.15, -0.1) is 0 Å². The molecule has 0 aromatic carbocycles. The summed E-state index contributed by atoms with van der Waals surface area (Å²) >= 11 is 0. The van der Waals surface area contributed by atoms with Crippen LogP contribution in [0.15, 0.2) is 24.5 Å². The van der Waals surface area contributed by atoms with Crippen LogP contribution in [0.25, 0.3) is 0 Å². The summed E-state index contributed by atoms with van der Waals surface area (Å²) in [5, 5.41) is 0. The van der Waals surface area contributed by atoms with Gasteiger partial charge in [-0.1, -0.05) is 27.2 Å². The Balaban J connectivity index is 2.57. The number of hydrogen-bond acceptors (Lipinski definition) is 1. The number of aromatic nitrogens is 1. The fraction of sp³-hybridized carbons (Fsp3) is 0.583. The molecular weight excluding hydrogens is 158 g/mol. The zero-order chi connectivity index (χ0) is 9.68. The molecule has 1 aromatic rings. The van der Waals surface area contributed by atoms with Crippen LogP contribution in [0.4, 0.5) is 0 Å². The van der Waals surface area contributed by atoms with E-state index in [9.17, 15) is 0 Å². The van der Waals surface area contributed by atoms with Crippen LogP contribution in [0.3, 0.4) is 0 Å². The van der Waals surface area contributed by atoms with Crippen molar-refractivity contribution in [3.8, 4) is 0 Å². The second kappa shape index (κ2) is 5.00. The maximum absolute atomic E-state index is 4.02. The highest BCUT2D eigenvalue weighted by atomic mass is 14.6. The van der Waals surface area contributed by atoms with Gasteiger partial charge in [-0.2, -0.15) is 0 Å². The normalized spacial score (nSPS) is 13.2. The van der Waals surface area contributed by atoms with Crippen LogP contribution in [-0.4, -0.2) is 4.98 Å². The lowest BCUT2D eigenvalue weighted by Crippen LogP contribution is -2.10. The minimum absolute atomic E-state index is 0.776. The molecule has 0 amide bonds. The molecule has 0 saturated carbocycles. The van der Waals surface area contributed by atoms with Gasteiger partial charge in [0.2, 0.25) is 0 Å². The van der Waals surface area contributed by atoms with Crippen molar-refractivity contribution in [1.29, 1.82) is 0 Å². The topological polar surface area (TPSA) is 12.9 Å². The highest BCUT2D eigenvalue weighted by Crippen LogP contribution is 2.19. The molecule has 1 nitrogen and oxygen atoms in total. The number of hydrogen-bond donors (Lipinski definition) is 0. The Kier molecular flexibility index (Phi) is 3.94. The molecule has 0 bridgehead atoms. The minimum atomic E-state index is 0.776. The van der Waals surface area contributed by atoms with E-state index in [4.69, 9.17) is 0 Å². The molecule has 0 aliphatic rings. The first-order valence-corrected chi connectivity index (χ1v) is 5.13. The molecule has 13 heavy (non-hydrogen) atoms. The molecule has 0 aliphatic carbocycles. The third kappa shape index (κ3) is 3.17. The molecule has 1 heterocycles. The highest BCUT2D eigenvalue weighted by Gasteiger charge is 2.10. The molecule has 0 radical (unpaired) electrons. The number of nitrogens with zero attached hydrogens (tertiary/aromatic N) is 1. The lowest BCUT2D eigenvalue weighted by Gasteiger charge is -2.18. The first-order chi connectivity index (χ1) is 6.24. The zero-order valence-electron chi connectivity index (χ0n) is 8.83. The Labute approximate surface area is 81.2 Å². The van der Waals surface area contributed by atoms with Crippen LogP contribution in [0.2, 0.25) is 0 Å². The van der Waals surface area contributed by atoms with Gasteiger partial charge in [0, 0.05) is 12.4 Å². The first kappa shape index (κ1) is 10.2. The quantitative estimate of drug-likeness (QED) is 0.687. The third-order valence-electron chi connectivity index (χ3n) is 2.71. The van der Waals surface area contributed by atoms with Gasteiger partial charge in [-0.3, -0.25) is 4.98 Å². The van der Waals surface area contributed by atoms with E-state index >= 15 is 0 Å². The second-order valence-corrected chi connectivity index (χ2v) is 3.97. The molecule has 1 rings (SSSR count). The van der Waals surface area contributed by atoms with Crippen molar-refractivity contribution >= 4 is 0 Å². The summed E-state index contributed by atoms with van der Waals surface area (Å²) in [5.41, 5.74) is 1.41. The lowest BCUT2D eigenvalue weighted by atomic mass is 9.87. The second-order valence-electron chi connectivity index (χ2n) is 3.97. The maximum atomic E-state index is 4.02. The Morgan fingerprint density at radius 1 is 1.23 bits per heavy atom. The van der Waals surface area contributed by atoms with E-state index in [1.165, 1.54) is 18.4 Å². The van der Waals surface area contributed by atoms with Crippen molar-refractivity contribution in [2.75, 3.05) is 0 Å². The van der Waals surface area contributed by atoms with Crippen LogP contribution in [0, 0.1) is 11.8 Å². The Hall–Kier alpha value is -0.850. The van der Waals surface area contributed by atoms with Crippen molar-refractivity contribution in [3.63, 3.8) is 0 Å². The highest BCUT2D eigenvalue weighted by molar-refractivity contribution is 5.10. The van der Waals surface area contributed by atoms with E-state index in [-0.39, 0.29) is 0 Å². The van der Waals surface area contributed by atoms with E-state index < -0.39 is 0 Å². The first-order valence-electron chi connectivity index (χ1n) is 5.13. The Bertz CT molecular complexity index is 228. The molecule has 1 aromatic heterocycles. The molecular formula is C12H19N. The predicted molar refractivity (Wildman–Crippen MR) is 56.6 cm³/mol. The summed E-state index contributed by atoms with van der Waals surface area (Å²) in [6.07, 6.45) is 6.21. The number of rotatable bonds is 4. The zero-order valence-corrected chi connectivity index (χ0v) is 8.83. The molecule has 0 N–H and O–H groups in total. The summed E-state index contributed by atoms with van der Waals surface area (Å²) in [6, 6.07) is 4.23. The number of pyridine rings is 1. The van der Waals surface area contributed by atoms with Gasteiger partial charge in [-0.25, -0.2) is 0 Å². The largest absolute Gasteiger partial charge is 0.265 e. The Morgan fingerprint density at radius 3 is 2.31 bits per heavy atom. The summed E-state index contributed by atoms with van der Waals surface area (Å²) in [7, 11) is 0. The summed E-state index contributed by atoms with van der Waals surface area (Å²) in [4.78, 5) is 4.02. The molecule has 0 spiro atoms. The SMILES string of the molecule is CCC(Cc1ccncc1)C(C)C. The van der Waals surface area contributed by atoms with Crippen LogP contribution in [-0.2, 0) is 6.42 Å². The van der Waals surface area contributed by atoms with E-state index in [1.54, 1.807) is 0 Å². The van der Waals surface area contributed by atoms with Gasteiger partial charge in [0.1, 0.15) is 0 Å². The molecule has 0 aliphatic heterocycles. The van der Waals surface area contributed by atoms with E-state index in [2.05, 4.69) is 37.9 Å². The van der Waals surface area contributed by atoms with Crippen molar-refractivity contribution in [1.82, 2.24) is 4.98 Å². The van der Waals surface area contributed by atoms with Gasteiger partial charge >= 0.3 is 0 Å². The van der Waals surface area contributed by atoms with Gasteiger partial charge in [0.15, 0.2) is 0 Å². The van der Waals surface area contributed by atoms with Crippen LogP contribution < -0.4 is 0 Å². The molecule has 72 valence electrons. The van der Waals surface area contributed by atoms with Gasteiger partial charge < -0.3 is 0 Å². The van der Waals surface area contributed by atoms with Gasteiger partial charge in [0.25, 0.3) is 0 Å². The van der Waals surface area contributed by atoms with Crippen molar-refractivity contribution in [2.45, 2.75) is 33.6 Å². The monoisotopic (exact) mass is 177 g/mol. The van der Waals surface area contributed by atoms with Crippen LogP contribution in [0.5, 0.6) is 0 Å². The molecule has 0 fully saturated rings. The summed E-state index contributed by atoms with van der Waals surface area (Å²) in [5.74, 6) is 1.58. The molecule has 1 heteroatoms. The van der Waals surface area contributed by atoms with Crippen molar-refractivity contribution in [2.24, 2.45) is 11.8 Å². The molecule has 1 atom stereocenters. The summed E-state index contributed by atoms with van der Waals surface area (Å²) in [6.45, 7) is 6.87. The average Bonchev–Trinajstić information content (AvgIpc) is 2.15. The summed E-state index contributed by atoms with van der Waals surface area (Å²) < 4.78 is 0. The van der Waals surface area contributed by atoms with Crippen LogP contribution in [0.1, 0.15) is 32.8 Å². The van der Waals surface area contributed by atoms with Crippen LogP contribution >= 0.6 is 0 Å². The fourth-order valence-corrected chi connectivity index (χ4v) is 1.67. The van der Waals surface area contributed by atoms with E-state index in [0.717, 1.165) is 11.8 Å². The standard InChI is InChI=1S/C12H19N/c1-4-12(10(2)3)9-11-5-7-13-8-6-11/h5-8,10,12H,4,9H2,1-3H3. The molecule has 0 saturated heterocycles. The van der Waals surface area contributed by atoms with Crippen molar-refractivity contribution < 1.29 is 0 Å². The van der Waals surface area contributed by atoms with E-state index in [0.29, 0.717) is 0 Å². The smallest absolute Gasteiger partial charge is 0.0270 e. The predicted octanol–water partition coefficient (Wildman–Crippen LogP) is 3.31. The Morgan fingerprint density at radius 2 is 1.85 bits per heavy atom. The van der Waals surface area contributed by atoms with Gasteiger partial charge in [0.05, 0.1) is 0 Å². The van der Waals surface area contributed by atoms with Gasteiger partial charge in [-0.05, 0) is 36.0 Å². The maximum Gasteiger partial charge on any atom is 0.0270 e. The molecule has 1 unspecified atom stereocenters. The average molecular weight is 177 g/mol. The van der Waals surface area contributed by atoms with E-state index in [1.807, 2.05) is 12.4 Å².